The standard InChI is InChI=1S/C42H56N8O9/c1-9-50-32(21-27(2)46-50)33(51)26-36-45-31-23-29(40(53)57-8)25-35(55-6)38(31)49(36)15-11-10-13-44-37-30(43)22-28(39(52)56-7)24-34(37)58-20-12-14-47-16-18-48(19-17-47)41(54)59-42(3,4)5/h10-11,21-25,44H,9,12-20,26,43H2,1-8H3/b11-10+. The van der Waals surface area contributed by atoms with E-state index < -0.39 is 17.5 Å². The molecule has 0 aliphatic carbocycles. The Morgan fingerprint density at radius 1 is 0.915 bits per heavy atom. The number of hydrogen-bond donors (Lipinski definition) is 2. The van der Waals surface area contributed by atoms with Gasteiger partial charge in [0, 0.05) is 52.4 Å². The second-order valence-electron chi connectivity index (χ2n) is 15.1. The number of rotatable bonds is 17. The second kappa shape index (κ2) is 19.6. The van der Waals surface area contributed by atoms with Crippen molar-refractivity contribution in [2.75, 3.05) is 78.3 Å². The molecule has 5 rings (SSSR count). The molecule has 318 valence electrons. The topological polar surface area (TPSA) is 195 Å². The zero-order chi connectivity index (χ0) is 42.9. The highest BCUT2D eigenvalue weighted by atomic mass is 16.6. The van der Waals surface area contributed by atoms with Crippen LogP contribution in [-0.2, 0) is 33.7 Å². The largest absolute Gasteiger partial charge is 0.494 e. The Morgan fingerprint density at radius 3 is 2.24 bits per heavy atom. The van der Waals surface area contributed by atoms with Crippen LogP contribution in [0.4, 0.5) is 16.2 Å². The van der Waals surface area contributed by atoms with Gasteiger partial charge in [-0.2, -0.15) is 5.10 Å². The zero-order valence-electron chi connectivity index (χ0n) is 35.3. The highest BCUT2D eigenvalue weighted by Crippen LogP contribution is 2.34. The van der Waals surface area contributed by atoms with Crippen molar-refractivity contribution in [2.24, 2.45) is 0 Å². The lowest BCUT2D eigenvalue weighted by Crippen LogP contribution is -2.50. The fourth-order valence-electron chi connectivity index (χ4n) is 6.80. The van der Waals surface area contributed by atoms with Gasteiger partial charge in [0.2, 0.25) is 0 Å². The van der Waals surface area contributed by atoms with Crippen molar-refractivity contribution in [3.05, 3.63) is 70.8 Å². The summed E-state index contributed by atoms with van der Waals surface area (Å²) in [5, 5.41) is 7.75. The van der Waals surface area contributed by atoms with Gasteiger partial charge < -0.3 is 44.2 Å². The van der Waals surface area contributed by atoms with Crippen molar-refractivity contribution in [3.8, 4) is 11.5 Å². The van der Waals surface area contributed by atoms with Gasteiger partial charge in [0.15, 0.2) is 5.78 Å². The summed E-state index contributed by atoms with van der Waals surface area (Å²) in [4.78, 5) is 59.8. The molecular formula is C42H56N8O9. The number of methoxy groups -OCH3 is 3. The van der Waals surface area contributed by atoms with Gasteiger partial charge >= 0.3 is 18.0 Å². The number of benzene rings is 2. The van der Waals surface area contributed by atoms with E-state index >= 15 is 0 Å². The molecule has 3 heterocycles. The Hall–Kier alpha value is -6.10. The predicted octanol–water partition coefficient (Wildman–Crippen LogP) is 5.14. The van der Waals surface area contributed by atoms with Gasteiger partial charge in [-0.05, 0) is 71.4 Å². The number of piperazine rings is 1. The minimum absolute atomic E-state index is 0.0192. The van der Waals surface area contributed by atoms with Crippen molar-refractivity contribution in [3.63, 3.8) is 0 Å². The molecule has 2 aromatic carbocycles. The predicted molar refractivity (Wildman–Crippen MR) is 222 cm³/mol. The number of carbonyl (C=O) groups excluding carboxylic acids is 4. The van der Waals surface area contributed by atoms with Gasteiger partial charge in [-0.1, -0.05) is 12.2 Å². The van der Waals surface area contributed by atoms with Gasteiger partial charge in [0.1, 0.15) is 39.8 Å². The average Bonchev–Trinajstić information content (AvgIpc) is 3.77. The highest BCUT2D eigenvalue weighted by Gasteiger charge is 2.26. The SMILES string of the molecule is CCn1nc(C)cc1C(=O)Cc1nc2cc(C(=O)OC)cc(OC)c2n1C/C=C/CNc1c(N)cc(C(=O)OC)cc1OCCCN1CCN(C(=O)OC(C)(C)C)CC1. The smallest absolute Gasteiger partial charge is 0.410 e. The van der Waals surface area contributed by atoms with Crippen molar-refractivity contribution < 1.29 is 42.9 Å². The number of nitrogens with zero attached hydrogens (tertiary/aromatic N) is 6. The number of Topliss-reactive ketones (excluding diaryl/α,β-unsaturated/α-hetero) is 1. The van der Waals surface area contributed by atoms with Gasteiger partial charge in [-0.3, -0.25) is 14.4 Å². The number of hydrogen-bond acceptors (Lipinski definition) is 14. The molecule has 0 radical (unpaired) electrons. The Kier molecular flexibility index (Phi) is 14.6. The van der Waals surface area contributed by atoms with Gasteiger partial charge in [-0.25, -0.2) is 19.4 Å². The summed E-state index contributed by atoms with van der Waals surface area (Å²) in [5.74, 6) is 0.0546. The molecule has 3 N–H and O–H groups in total. The molecule has 1 aliphatic rings. The number of fused-ring (bicyclic) bond motifs is 1. The van der Waals surface area contributed by atoms with Gasteiger partial charge in [-0.15, -0.1) is 0 Å². The van der Waals surface area contributed by atoms with E-state index in [4.69, 9.17) is 34.4 Å². The molecular weight excluding hydrogens is 761 g/mol. The quantitative estimate of drug-likeness (QED) is 0.0355. The van der Waals surface area contributed by atoms with Crippen molar-refractivity contribution >= 4 is 46.2 Å². The Labute approximate surface area is 344 Å². The zero-order valence-corrected chi connectivity index (χ0v) is 35.3. The number of imidazole rings is 1. The number of ketones is 1. The first-order valence-corrected chi connectivity index (χ1v) is 19.6. The van der Waals surface area contributed by atoms with Crippen LogP contribution in [0.3, 0.4) is 0 Å². The summed E-state index contributed by atoms with van der Waals surface area (Å²) < 4.78 is 30.9. The Bertz CT molecular complexity index is 2180. The van der Waals surface area contributed by atoms with Crippen molar-refractivity contribution in [1.29, 1.82) is 0 Å². The fourth-order valence-corrected chi connectivity index (χ4v) is 6.80. The molecule has 0 unspecified atom stereocenters. The van der Waals surface area contributed by atoms with Gasteiger partial charge in [0.05, 0.1) is 62.4 Å². The number of carbonyl (C=O) groups is 4. The molecule has 1 aliphatic heterocycles. The number of aryl methyl sites for hydroxylation is 2. The normalized spacial score (nSPS) is 13.5. The summed E-state index contributed by atoms with van der Waals surface area (Å²) in [7, 11) is 4.11. The van der Waals surface area contributed by atoms with Crippen LogP contribution in [0.25, 0.3) is 11.0 Å². The number of amides is 1. The minimum Gasteiger partial charge on any atom is -0.494 e. The van der Waals surface area contributed by atoms with Crippen LogP contribution in [0, 0.1) is 6.92 Å². The van der Waals surface area contributed by atoms with E-state index in [9.17, 15) is 19.2 Å². The molecule has 1 saturated heterocycles. The maximum Gasteiger partial charge on any atom is 0.410 e. The summed E-state index contributed by atoms with van der Waals surface area (Å²) in [5.41, 5.74) is 9.59. The monoisotopic (exact) mass is 816 g/mol. The lowest BCUT2D eigenvalue weighted by Gasteiger charge is -2.35. The van der Waals surface area contributed by atoms with Crippen LogP contribution in [0.1, 0.15) is 76.8 Å². The Morgan fingerprint density at radius 2 is 1.59 bits per heavy atom. The van der Waals surface area contributed by atoms with E-state index in [1.54, 1.807) is 33.8 Å². The van der Waals surface area contributed by atoms with E-state index in [1.165, 1.54) is 27.4 Å². The molecule has 0 spiro atoms. The summed E-state index contributed by atoms with van der Waals surface area (Å²) in [6, 6.07) is 8.12. The molecule has 59 heavy (non-hydrogen) atoms. The molecule has 0 bridgehead atoms. The number of nitrogen functional groups attached to an aromatic ring is 1. The summed E-state index contributed by atoms with van der Waals surface area (Å²) in [6.07, 6.45) is 4.19. The lowest BCUT2D eigenvalue weighted by atomic mass is 10.1. The molecule has 1 amide bonds. The maximum absolute atomic E-state index is 13.6. The first kappa shape index (κ1) is 44.0. The highest BCUT2D eigenvalue weighted by molar-refractivity contribution is 5.98. The number of aromatic nitrogens is 4. The third kappa shape index (κ3) is 11.1. The third-order valence-corrected chi connectivity index (χ3v) is 9.64. The molecule has 17 heteroatoms. The van der Waals surface area contributed by atoms with Crippen LogP contribution in [0.2, 0.25) is 0 Å². The van der Waals surface area contributed by atoms with E-state index in [-0.39, 0.29) is 29.4 Å². The number of esters is 2. The molecule has 0 saturated carbocycles. The van der Waals surface area contributed by atoms with Crippen molar-refractivity contribution in [1.82, 2.24) is 29.1 Å². The van der Waals surface area contributed by atoms with E-state index in [1.807, 2.05) is 51.3 Å². The van der Waals surface area contributed by atoms with Crippen LogP contribution >= 0.6 is 0 Å². The molecule has 0 atom stereocenters. The summed E-state index contributed by atoms with van der Waals surface area (Å²) in [6.45, 7) is 14.2. The second-order valence-corrected chi connectivity index (χ2v) is 15.1. The van der Waals surface area contributed by atoms with Crippen LogP contribution < -0.4 is 20.5 Å². The number of ether oxygens (including phenoxy) is 5. The molecule has 17 nitrogen and oxygen atoms in total. The third-order valence-electron chi connectivity index (χ3n) is 9.64. The van der Waals surface area contributed by atoms with E-state index in [0.717, 1.165) is 25.3 Å². The first-order chi connectivity index (χ1) is 28.2. The lowest BCUT2D eigenvalue weighted by molar-refractivity contribution is 0.0141. The van der Waals surface area contributed by atoms with Crippen LogP contribution in [0.15, 0.2) is 42.5 Å². The van der Waals surface area contributed by atoms with Gasteiger partial charge in [0.25, 0.3) is 0 Å². The number of nitrogens with two attached hydrogens (primary N) is 1. The first-order valence-electron chi connectivity index (χ1n) is 19.6. The van der Waals surface area contributed by atoms with Crippen LogP contribution in [0.5, 0.6) is 11.5 Å². The van der Waals surface area contributed by atoms with Crippen molar-refractivity contribution in [2.45, 2.75) is 66.2 Å². The summed E-state index contributed by atoms with van der Waals surface area (Å²) >= 11 is 0. The fraction of sp³-hybridized carbons (Fsp3) is 0.476. The molecule has 2 aromatic heterocycles. The minimum atomic E-state index is -0.541. The Balaban J connectivity index is 1.28. The van der Waals surface area contributed by atoms with E-state index in [2.05, 4.69) is 15.3 Å². The average molecular weight is 817 g/mol. The van der Waals surface area contributed by atoms with E-state index in [0.29, 0.717) is 91.2 Å². The number of anilines is 2. The molecule has 1 fully saturated rings. The maximum atomic E-state index is 13.6. The number of allylic oxidation sites excluding steroid dienone is 1. The molecule has 4 aromatic rings. The number of nitrogens with one attached hydrogen (secondary N) is 1. The van der Waals surface area contributed by atoms with Crippen LogP contribution in [-0.4, -0.2) is 126 Å².